The van der Waals surface area contributed by atoms with Crippen LogP contribution < -0.4 is 16.3 Å². The van der Waals surface area contributed by atoms with Crippen molar-refractivity contribution in [1.29, 1.82) is 0 Å². The number of aromatic amines is 2. The van der Waals surface area contributed by atoms with E-state index >= 15 is 0 Å². The lowest BCUT2D eigenvalue weighted by Gasteiger charge is -2.40. The Bertz CT molecular complexity index is 1120. The van der Waals surface area contributed by atoms with Crippen LogP contribution in [0.2, 0.25) is 0 Å². The van der Waals surface area contributed by atoms with Crippen molar-refractivity contribution < 1.29 is 9.59 Å². The van der Waals surface area contributed by atoms with E-state index in [-0.39, 0.29) is 24.0 Å². The largest absolute Gasteiger partial charge is 0.358 e. The molecule has 3 aromatic rings. The minimum atomic E-state index is -0.780. The third-order valence-electron chi connectivity index (χ3n) is 5.56. The number of pyridine rings is 1. The number of aromatic nitrogens is 3. The highest BCUT2D eigenvalue weighted by Gasteiger charge is 2.44. The Morgan fingerprint density at radius 1 is 1.20 bits per heavy atom. The average Bonchev–Trinajstić information content (AvgIpc) is 3.13. The molecule has 4 rings (SSSR count). The van der Waals surface area contributed by atoms with Crippen molar-refractivity contribution in [1.82, 2.24) is 25.2 Å². The summed E-state index contributed by atoms with van der Waals surface area (Å²) in [5, 5.41) is 5.64. The first-order chi connectivity index (χ1) is 14.5. The first kappa shape index (κ1) is 19.8. The number of hydrogen-bond acceptors (Lipinski definition) is 5. The summed E-state index contributed by atoms with van der Waals surface area (Å²) < 4.78 is 0. The number of fused-ring (bicyclic) bond motifs is 1. The molecule has 1 aromatic carbocycles. The van der Waals surface area contributed by atoms with E-state index in [1.165, 1.54) is 0 Å². The van der Waals surface area contributed by atoms with Gasteiger partial charge in [0.15, 0.2) is 0 Å². The van der Waals surface area contributed by atoms with Gasteiger partial charge in [-0.3, -0.25) is 19.5 Å². The van der Waals surface area contributed by atoms with E-state index in [1.54, 1.807) is 31.4 Å². The molecule has 0 bridgehead atoms. The highest BCUT2D eigenvalue weighted by Crippen LogP contribution is 2.33. The summed E-state index contributed by atoms with van der Waals surface area (Å²) in [4.78, 5) is 48.7. The third-order valence-corrected chi connectivity index (χ3v) is 5.56. The Balaban J connectivity index is 1.48. The fourth-order valence-electron chi connectivity index (χ4n) is 4.19. The Hall–Kier alpha value is -3.46. The second-order valence-electron chi connectivity index (χ2n) is 7.58. The number of likely N-dealkylation sites (N-methyl/N-ethyl adjacent to an activating group) is 1. The zero-order valence-electron chi connectivity index (χ0n) is 16.7. The van der Waals surface area contributed by atoms with Crippen molar-refractivity contribution in [3.8, 4) is 0 Å². The van der Waals surface area contributed by atoms with Crippen LogP contribution in [-0.4, -0.2) is 58.3 Å². The van der Waals surface area contributed by atoms with Crippen LogP contribution in [0.4, 0.5) is 5.69 Å². The van der Waals surface area contributed by atoms with E-state index in [2.05, 4.69) is 25.6 Å². The van der Waals surface area contributed by atoms with Gasteiger partial charge >= 0.3 is 5.69 Å². The SMILES string of the molecule is CNC(=O)C1(c2ccccn2)CCCN(CC(=O)Nc2ccc3[nH]c(=O)[nH]c3c2)C1. The molecule has 0 radical (unpaired) electrons. The molecule has 1 saturated heterocycles. The smallest absolute Gasteiger partial charge is 0.323 e. The van der Waals surface area contributed by atoms with Crippen molar-refractivity contribution in [3.05, 3.63) is 58.8 Å². The molecular formula is C21H24N6O3. The molecule has 1 atom stereocenters. The van der Waals surface area contributed by atoms with Crippen LogP contribution in [0.25, 0.3) is 11.0 Å². The van der Waals surface area contributed by atoms with Gasteiger partial charge in [-0.05, 0) is 49.7 Å². The maximum Gasteiger partial charge on any atom is 0.323 e. The molecule has 3 heterocycles. The van der Waals surface area contributed by atoms with E-state index in [1.807, 2.05) is 23.1 Å². The standard InChI is InChI=1S/C21H24N6O3/c1-22-19(29)21(17-5-2-3-9-23-17)8-4-10-27(13-21)12-18(28)24-14-6-7-15-16(11-14)26-20(30)25-15/h2-3,5-7,9,11H,4,8,10,12-13H2,1H3,(H,22,29)(H,24,28)(H2,25,26,30). The van der Waals surface area contributed by atoms with E-state index in [9.17, 15) is 14.4 Å². The van der Waals surface area contributed by atoms with Crippen LogP contribution in [0.5, 0.6) is 0 Å². The molecule has 30 heavy (non-hydrogen) atoms. The van der Waals surface area contributed by atoms with Crippen LogP contribution in [0.1, 0.15) is 18.5 Å². The molecule has 1 aliphatic rings. The summed E-state index contributed by atoms with van der Waals surface area (Å²) in [5.41, 5.74) is 1.56. The topological polar surface area (TPSA) is 123 Å². The summed E-state index contributed by atoms with van der Waals surface area (Å²) in [6, 6.07) is 10.8. The highest BCUT2D eigenvalue weighted by molar-refractivity contribution is 5.94. The molecule has 9 nitrogen and oxygen atoms in total. The summed E-state index contributed by atoms with van der Waals surface area (Å²) in [5.74, 6) is -0.269. The van der Waals surface area contributed by atoms with Crippen molar-refractivity contribution >= 4 is 28.5 Å². The van der Waals surface area contributed by atoms with Gasteiger partial charge < -0.3 is 20.6 Å². The van der Waals surface area contributed by atoms with E-state index in [4.69, 9.17) is 0 Å². The number of benzene rings is 1. The molecule has 9 heteroatoms. The maximum atomic E-state index is 12.8. The van der Waals surface area contributed by atoms with Gasteiger partial charge in [-0.1, -0.05) is 6.07 Å². The maximum absolute atomic E-state index is 12.8. The number of carbonyl (C=O) groups is 2. The lowest BCUT2D eigenvalue weighted by Crippen LogP contribution is -2.55. The Morgan fingerprint density at radius 2 is 2.03 bits per heavy atom. The molecule has 1 fully saturated rings. The molecule has 0 aliphatic carbocycles. The molecule has 1 aliphatic heterocycles. The second-order valence-corrected chi connectivity index (χ2v) is 7.58. The van der Waals surface area contributed by atoms with Gasteiger partial charge in [0, 0.05) is 25.5 Å². The van der Waals surface area contributed by atoms with Crippen molar-refractivity contribution in [2.75, 3.05) is 32.0 Å². The minimum Gasteiger partial charge on any atom is -0.358 e. The first-order valence-electron chi connectivity index (χ1n) is 9.88. The molecule has 0 saturated carbocycles. The second kappa shape index (κ2) is 8.11. The average molecular weight is 408 g/mol. The molecule has 0 spiro atoms. The van der Waals surface area contributed by atoms with Crippen LogP contribution in [0.3, 0.4) is 0 Å². The number of H-pyrrole nitrogens is 2. The fourth-order valence-corrected chi connectivity index (χ4v) is 4.19. The number of piperidine rings is 1. The zero-order chi connectivity index (χ0) is 21.1. The lowest BCUT2D eigenvalue weighted by molar-refractivity contribution is -0.130. The van der Waals surface area contributed by atoms with Gasteiger partial charge in [0.25, 0.3) is 0 Å². The number of anilines is 1. The van der Waals surface area contributed by atoms with Gasteiger partial charge in [0.1, 0.15) is 5.41 Å². The summed E-state index contributed by atoms with van der Waals surface area (Å²) in [6.07, 6.45) is 3.15. The zero-order valence-corrected chi connectivity index (χ0v) is 16.7. The summed E-state index contributed by atoms with van der Waals surface area (Å²) >= 11 is 0. The number of carbonyl (C=O) groups excluding carboxylic acids is 2. The number of amides is 2. The van der Waals surface area contributed by atoms with E-state index in [0.29, 0.717) is 29.7 Å². The number of imidazole rings is 1. The predicted molar refractivity (Wildman–Crippen MR) is 113 cm³/mol. The van der Waals surface area contributed by atoms with Crippen LogP contribution >= 0.6 is 0 Å². The van der Waals surface area contributed by atoms with Crippen LogP contribution in [0, 0.1) is 0 Å². The predicted octanol–water partition coefficient (Wildman–Crippen LogP) is 0.969. The molecule has 4 N–H and O–H groups in total. The van der Waals surface area contributed by atoms with Crippen LogP contribution in [-0.2, 0) is 15.0 Å². The minimum absolute atomic E-state index is 0.0897. The summed E-state index contributed by atoms with van der Waals surface area (Å²) in [6.45, 7) is 1.30. The number of nitrogens with one attached hydrogen (secondary N) is 4. The fraction of sp³-hybridized carbons (Fsp3) is 0.333. The van der Waals surface area contributed by atoms with Gasteiger partial charge in [-0.25, -0.2) is 4.79 Å². The van der Waals surface area contributed by atoms with Crippen molar-refractivity contribution in [2.24, 2.45) is 0 Å². The monoisotopic (exact) mass is 408 g/mol. The van der Waals surface area contributed by atoms with E-state index in [0.717, 1.165) is 18.7 Å². The third kappa shape index (κ3) is 3.84. The molecule has 2 amide bonds. The highest BCUT2D eigenvalue weighted by atomic mass is 16.2. The van der Waals surface area contributed by atoms with Gasteiger partial charge in [-0.15, -0.1) is 0 Å². The number of nitrogens with zero attached hydrogens (tertiary/aromatic N) is 2. The first-order valence-corrected chi connectivity index (χ1v) is 9.88. The lowest BCUT2D eigenvalue weighted by atomic mass is 9.75. The van der Waals surface area contributed by atoms with Gasteiger partial charge in [0.2, 0.25) is 11.8 Å². The molecule has 1 unspecified atom stereocenters. The number of likely N-dealkylation sites (tertiary alicyclic amines) is 1. The Kier molecular flexibility index (Phi) is 5.37. The van der Waals surface area contributed by atoms with Crippen molar-refractivity contribution in [2.45, 2.75) is 18.3 Å². The number of rotatable bonds is 5. The quantitative estimate of drug-likeness (QED) is 0.501. The normalized spacial score (nSPS) is 19.5. The molecule has 2 aromatic heterocycles. The van der Waals surface area contributed by atoms with Crippen molar-refractivity contribution in [3.63, 3.8) is 0 Å². The number of hydrogen-bond donors (Lipinski definition) is 4. The Morgan fingerprint density at radius 3 is 2.80 bits per heavy atom. The molecule has 156 valence electrons. The van der Waals surface area contributed by atoms with Crippen LogP contribution in [0.15, 0.2) is 47.4 Å². The Labute approximate surface area is 172 Å². The summed E-state index contributed by atoms with van der Waals surface area (Å²) in [7, 11) is 1.63. The van der Waals surface area contributed by atoms with Gasteiger partial charge in [-0.2, -0.15) is 0 Å². The van der Waals surface area contributed by atoms with E-state index < -0.39 is 5.41 Å². The van der Waals surface area contributed by atoms with Gasteiger partial charge in [0.05, 0.1) is 23.3 Å². The molecular weight excluding hydrogens is 384 g/mol.